The lowest BCUT2D eigenvalue weighted by Crippen LogP contribution is -2.56. The Labute approximate surface area is 167 Å². The summed E-state index contributed by atoms with van der Waals surface area (Å²) in [6.07, 6.45) is 4.54. The Balaban J connectivity index is 1.57. The van der Waals surface area contributed by atoms with Crippen LogP contribution in [0.25, 0.3) is 0 Å². The molecule has 0 radical (unpaired) electrons. The number of nitrogens with one attached hydrogen (secondary N) is 1. The minimum atomic E-state index is -3.86. The summed E-state index contributed by atoms with van der Waals surface area (Å²) in [6.45, 7) is 5.43. The molecular weight excluding hydrogens is 381 g/mol. The third-order valence-electron chi connectivity index (χ3n) is 6.09. The molecule has 1 N–H and O–H groups in total. The summed E-state index contributed by atoms with van der Waals surface area (Å²) >= 11 is 0. The van der Waals surface area contributed by atoms with Crippen LogP contribution in [0.5, 0.6) is 0 Å². The van der Waals surface area contributed by atoms with Crippen molar-refractivity contribution in [1.29, 1.82) is 0 Å². The summed E-state index contributed by atoms with van der Waals surface area (Å²) in [6, 6.07) is 5.35. The van der Waals surface area contributed by atoms with Crippen molar-refractivity contribution >= 4 is 15.9 Å². The van der Waals surface area contributed by atoms with E-state index in [0.717, 1.165) is 25.3 Å². The van der Waals surface area contributed by atoms with Gasteiger partial charge in [-0.1, -0.05) is 31.9 Å². The molecule has 3 atom stereocenters. The Bertz CT molecular complexity index is 794. The standard InChI is InChI=1S/C20H30FN3O3S/c1-15-7-3-5-9-18(15)22-20(25)16(2)23-11-13-24(14-12-23)28(26,27)19-10-6-4-8-17(19)21/h4,6,8,10,15-16,18H,3,5,7,9,11-14H2,1-2H3,(H,22,25)/t15-,16+,18+/m0/s1. The van der Waals surface area contributed by atoms with Gasteiger partial charge in [-0.2, -0.15) is 4.31 Å². The molecule has 6 nitrogen and oxygen atoms in total. The molecule has 1 heterocycles. The highest BCUT2D eigenvalue weighted by Crippen LogP contribution is 2.24. The van der Waals surface area contributed by atoms with Crippen molar-refractivity contribution in [1.82, 2.24) is 14.5 Å². The van der Waals surface area contributed by atoms with Crippen LogP contribution in [0.1, 0.15) is 39.5 Å². The number of hydrogen-bond acceptors (Lipinski definition) is 4. The topological polar surface area (TPSA) is 69.7 Å². The highest BCUT2D eigenvalue weighted by molar-refractivity contribution is 7.89. The maximum absolute atomic E-state index is 13.9. The summed E-state index contributed by atoms with van der Waals surface area (Å²) in [4.78, 5) is 14.4. The fourth-order valence-electron chi connectivity index (χ4n) is 4.12. The van der Waals surface area contributed by atoms with Gasteiger partial charge < -0.3 is 5.32 Å². The van der Waals surface area contributed by atoms with Crippen LogP contribution in [0, 0.1) is 11.7 Å². The fraction of sp³-hybridized carbons (Fsp3) is 0.650. The van der Waals surface area contributed by atoms with Gasteiger partial charge in [0.15, 0.2) is 0 Å². The number of rotatable bonds is 5. The van der Waals surface area contributed by atoms with Gasteiger partial charge in [0, 0.05) is 32.2 Å². The van der Waals surface area contributed by atoms with E-state index in [1.54, 1.807) is 0 Å². The molecule has 0 spiro atoms. The van der Waals surface area contributed by atoms with Crippen molar-refractivity contribution in [3.8, 4) is 0 Å². The van der Waals surface area contributed by atoms with Crippen molar-refractivity contribution in [2.75, 3.05) is 26.2 Å². The quantitative estimate of drug-likeness (QED) is 0.807. The average molecular weight is 412 g/mol. The molecule has 1 saturated heterocycles. The molecule has 1 aliphatic heterocycles. The molecular formula is C20H30FN3O3S. The Morgan fingerprint density at radius 2 is 1.79 bits per heavy atom. The van der Waals surface area contributed by atoms with Gasteiger partial charge in [0.25, 0.3) is 0 Å². The minimum Gasteiger partial charge on any atom is -0.352 e. The van der Waals surface area contributed by atoms with E-state index >= 15 is 0 Å². The molecule has 28 heavy (non-hydrogen) atoms. The van der Waals surface area contributed by atoms with E-state index in [1.807, 2.05) is 11.8 Å². The number of halogens is 1. The molecule has 1 amide bonds. The van der Waals surface area contributed by atoms with E-state index in [9.17, 15) is 17.6 Å². The van der Waals surface area contributed by atoms with Crippen LogP contribution in [-0.2, 0) is 14.8 Å². The first-order chi connectivity index (χ1) is 13.3. The molecule has 2 fully saturated rings. The number of carbonyl (C=O) groups is 1. The van der Waals surface area contributed by atoms with Crippen LogP contribution < -0.4 is 5.32 Å². The Morgan fingerprint density at radius 1 is 1.14 bits per heavy atom. The molecule has 1 aromatic carbocycles. The van der Waals surface area contributed by atoms with Crippen LogP contribution in [0.2, 0.25) is 0 Å². The molecule has 1 aromatic rings. The van der Waals surface area contributed by atoms with Gasteiger partial charge in [-0.15, -0.1) is 0 Å². The molecule has 1 aliphatic carbocycles. The van der Waals surface area contributed by atoms with Crippen LogP contribution in [0.4, 0.5) is 4.39 Å². The second kappa shape index (κ2) is 8.88. The Morgan fingerprint density at radius 3 is 2.43 bits per heavy atom. The van der Waals surface area contributed by atoms with E-state index in [-0.39, 0.29) is 36.0 Å². The predicted molar refractivity (Wildman–Crippen MR) is 106 cm³/mol. The second-order valence-corrected chi connectivity index (χ2v) is 9.83. The molecule has 0 unspecified atom stereocenters. The van der Waals surface area contributed by atoms with E-state index in [4.69, 9.17) is 0 Å². The molecule has 156 valence electrons. The summed E-state index contributed by atoms with van der Waals surface area (Å²) < 4.78 is 40.6. The van der Waals surface area contributed by atoms with Gasteiger partial charge in [0.1, 0.15) is 10.7 Å². The summed E-state index contributed by atoms with van der Waals surface area (Å²) in [5, 5.41) is 3.18. The maximum Gasteiger partial charge on any atom is 0.246 e. The second-order valence-electron chi connectivity index (χ2n) is 7.92. The number of amides is 1. The number of piperazine rings is 1. The lowest BCUT2D eigenvalue weighted by Gasteiger charge is -2.38. The first-order valence-corrected chi connectivity index (χ1v) is 11.5. The van der Waals surface area contributed by atoms with Crippen molar-refractivity contribution in [2.24, 2.45) is 5.92 Å². The Kier molecular flexibility index (Phi) is 6.73. The van der Waals surface area contributed by atoms with Crippen molar-refractivity contribution < 1.29 is 17.6 Å². The first-order valence-electron chi connectivity index (χ1n) is 10.1. The third-order valence-corrected chi connectivity index (χ3v) is 8.03. The maximum atomic E-state index is 13.9. The van der Waals surface area contributed by atoms with Crippen LogP contribution in [0.3, 0.4) is 0 Å². The highest BCUT2D eigenvalue weighted by Gasteiger charge is 2.34. The largest absolute Gasteiger partial charge is 0.352 e. The zero-order chi connectivity index (χ0) is 20.3. The normalized spacial score (nSPS) is 26.0. The van der Waals surface area contributed by atoms with Crippen LogP contribution in [0.15, 0.2) is 29.2 Å². The smallest absolute Gasteiger partial charge is 0.246 e. The summed E-state index contributed by atoms with van der Waals surface area (Å²) in [7, 11) is -3.86. The van der Waals surface area contributed by atoms with Gasteiger partial charge in [0.05, 0.1) is 6.04 Å². The highest BCUT2D eigenvalue weighted by atomic mass is 32.2. The van der Waals surface area contributed by atoms with Crippen molar-refractivity contribution in [2.45, 2.75) is 56.5 Å². The fourth-order valence-corrected chi connectivity index (χ4v) is 5.61. The number of nitrogens with zero attached hydrogens (tertiary/aromatic N) is 2. The summed E-state index contributed by atoms with van der Waals surface area (Å²) in [5.74, 6) is -0.240. The van der Waals surface area contributed by atoms with Gasteiger partial charge in [-0.25, -0.2) is 12.8 Å². The van der Waals surface area contributed by atoms with Crippen LogP contribution in [-0.4, -0.2) is 61.8 Å². The van der Waals surface area contributed by atoms with E-state index in [1.165, 1.54) is 28.9 Å². The molecule has 0 bridgehead atoms. The molecule has 0 aromatic heterocycles. The minimum absolute atomic E-state index is 0.00385. The lowest BCUT2D eigenvalue weighted by atomic mass is 9.86. The monoisotopic (exact) mass is 411 g/mol. The van der Waals surface area contributed by atoms with Crippen molar-refractivity contribution in [3.63, 3.8) is 0 Å². The Hall–Kier alpha value is -1.51. The predicted octanol–water partition coefficient (Wildman–Crippen LogP) is 2.22. The van der Waals surface area contributed by atoms with E-state index < -0.39 is 15.8 Å². The number of hydrogen-bond donors (Lipinski definition) is 1. The SMILES string of the molecule is C[C@H](C(=O)N[C@@H]1CCCC[C@@H]1C)N1CCN(S(=O)(=O)c2ccccc2F)CC1. The van der Waals surface area contributed by atoms with Crippen molar-refractivity contribution in [3.05, 3.63) is 30.1 Å². The molecule has 2 aliphatic rings. The molecule has 1 saturated carbocycles. The third kappa shape index (κ3) is 4.55. The zero-order valence-corrected chi connectivity index (χ0v) is 17.4. The van der Waals surface area contributed by atoms with Gasteiger partial charge in [0.2, 0.25) is 15.9 Å². The lowest BCUT2D eigenvalue weighted by molar-refractivity contribution is -0.127. The number of benzene rings is 1. The molecule has 8 heteroatoms. The van der Waals surface area contributed by atoms with E-state index in [2.05, 4.69) is 12.2 Å². The van der Waals surface area contributed by atoms with Gasteiger partial charge in [-0.05, 0) is 37.8 Å². The van der Waals surface area contributed by atoms with Crippen LogP contribution >= 0.6 is 0 Å². The number of carbonyl (C=O) groups excluding carboxylic acids is 1. The molecule has 3 rings (SSSR count). The van der Waals surface area contributed by atoms with E-state index in [0.29, 0.717) is 19.0 Å². The van der Waals surface area contributed by atoms with Gasteiger partial charge >= 0.3 is 0 Å². The summed E-state index contributed by atoms with van der Waals surface area (Å²) in [5.41, 5.74) is 0. The van der Waals surface area contributed by atoms with Gasteiger partial charge in [-0.3, -0.25) is 9.69 Å². The number of sulfonamides is 1. The first kappa shape index (κ1) is 21.2. The zero-order valence-electron chi connectivity index (χ0n) is 16.6. The average Bonchev–Trinajstić information content (AvgIpc) is 2.69.